The van der Waals surface area contributed by atoms with Crippen LogP contribution in [0.4, 0.5) is 10.1 Å². The number of ether oxygens (including phenoxy) is 2. The number of fused-ring (bicyclic) bond motifs is 1. The minimum Gasteiger partial charge on any atom is -0.454 e. The normalized spacial score (nSPS) is 13.0. The molecule has 0 fully saturated rings. The number of amides is 1. The second-order valence-corrected chi connectivity index (χ2v) is 6.56. The van der Waals surface area contributed by atoms with E-state index in [0.29, 0.717) is 17.0 Å². The summed E-state index contributed by atoms with van der Waals surface area (Å²) in [7, 11) is 0. The van der Waals surface area contributed by atoms with Crippen LogP contribution in [0.3, 0.4) is 0 Å². The Morgan fingerprint density at radius 3 is 2.68 bits per heavy atom. The lowest BCUT2D eigenvalue weighted by Crippen LogP contribution is -2.41. The molecule has 0 aliphatic carbocycles. The summed E-state index contributed by atoms with van der Waals surface area (Å²) in [6.45, 7) is 5.95. The second-order valence-electron chi connectivity index (χ2n) is 6.56. The number of anilines is 1. The Hall–Kier alpha value is -2.60. The Bertz CT molecular complexity index is 805. The number of hydrogen-bond donors (Lipinski definition) is 2. The maximum absolute atomic E-state index is 13.5. The zero-order chi connectivity index (χ0) is 18.0. The van der Waals surface area contributed by atoms with Gasteiger partial charge in [0.2, 0.25) is 12.7 Å². The van der Waals surface area contributed by atoms with Gasteiger partial charge in [0.1, 0.15) is 5.82 Å². The van der Waals surface area contributed by atoms with E-state index < -0.39 is 5.54 Å². The van der Waals surface area contributed by atoms with Crippen molar-refractivity contribution in [2.45, 2.75) is 26.3 Å². The topological polar surface area (TPSA) is 59.6 Å². The van der Waals surface area contributed by atoms with E-state index in [1.807, 2.05) is 32.0 Å². The molecule has 1 heterocycles. The molecule has 5 nitrogen and oxygen atoms in total. The zero-order valence-corrected chi connectivity index (χ0v) is 14.5. The Labute approximate surface area is 146 Å². The summed E-state index contributed by atoms with van der Waals surface area (Å²) < 4.78 is 24.3. The summed E-state index contributed by atoms with van der Waals surface area (Å²) >= 11 is 0. The highest BCUT2D eigenvalue weighted by molar-refractivity contribution is 5.92. The van der Waals surface area contributed by atoms with Gasteiger partial charge >= 0.3 is 0 Å². The number of rotatable bonds is 5. The van der Waals surface area contributed by atoms with Crippen LogP contribution in [0.5, 0.6) is 11.5 Å². The fraction of sp³-hybridized carbons (Fsp3) is 0.316. The molecule has 6 heteroatoms. The highest BCUT2D eigenvalue weighted by Crippen LogP contribution is 2.35. The van der Waals surface area contributed by atoms with Gasteiger partial charge < -0.3 is 14.8 Å². The predicted octanol–water partition coefficient (Wildman–Crippen LogP) is 3.33. The van der Waals surface area contributed by atoms with Crippen LogP contribution >= 0.6 is 0 Å². The molecule has 1 amide bonds. The van der Waals surface area contributed by atoms with Crippen LogP contribution in [0, 0.1) is 12.7 Å². The van der Waals surface area contributed by atoms with Crippen molar-refractivity contribution in [1.29, 1.82) is 0 Å². The number of benzene rings is 2. The van der Waals surface area contributed by atoms with Crippen LogP contribution in [0.2, 0.25) is 0 Å². The molecule has 3 rings (SSSR count). The second kappa shape index (κ2) is 6.72. The lowest BCUT2D eigenvalue weighted by Gasteiger charge is -2.27. The predicted molar refractivity (Wildman–Crippen MR) is 93.4 cm³/mol. The summed E-state index contributed by atoms with van der Waals surface area (Å²) in [4.78, 5) is 12.1. The van der Waals surface area contributed by atoms with E-state index in [1.54, 1.807) is 19.1 Å². The summed E-state index contributed by atoms with van der Waals surface area (Å²) in [5.74, 6) is 0.842. The zero-order valence-electron chi connectivity index (χ0n) is 14.5. The van der Waals surface area contributed by atoms with Gasteiger partial charge in [0.25, 0.3) is 0 Å². The third kappa shape index (κ3) is 3.91. The molecule has 1 aliphatic rings. The Kier molecular flexibility index (Phi) is 4.63. The Balaban J connectivity index is 1.61. The molecule has 1 aliphatic heterocycles. The van der Waals surface area contributed by atoms with Gasteiger partial charge in [0, 0.05) is 11.2 Å². The average molecular weight is 344 g/mol. The van der Waals surface area contributed by atoms with Crippen molar-refractivity contribution in [3.05, 3.63) is 53.3 Å². The van der Waals surface area contributed by atoms with Crippen molar-refractivity contribution >= 4 is 11.6 Å². The summed E-state index contributed by atoms with van der Waals surface area (Å²) in [6, 6.07) is 10.3. The van der Waals surface area contributed by atoms with Gasteiger partial charge in [-0.15, -0.1) is 0 Å². The first-order valence-electron chi connectivity index (χ1n) is 8.06. The van der Waals surface area contributed by atoms with Crippen LogP contribution in [0.25, 0.3) is 0 Å². The third-order valence-electron chi connectivity index (χ3n) is 4.24. The van der Waals surface area contributed by atoms with E-state index in [2.05, 4.69) is 10.6 Å². The molecular weight excluding hydrogens is 323 g/mol. The number of carbonyl (C=O) groups is 1. The quantitative estimate of drug-likeness (QED) is 0.873. The van der Waals surface area contributed by atoms with Crippen molar-refractivity contribution in [1.82, 2.24) is 5.32 Å². The van der Waals surface area contributed by atoms with Crippen molar-refractivity contribution in [2.24, 2.45) is 0 Å². The highest BCUT2D eigenvalue weighted by Gasteiger charge is 2.24. The monoisotopic (exact) mass is 344 g/mol. The first-order chi connectivity index (χ1) is 11.8. The van der Waals surface area contributed by atoms with E-state index in [0.717, 1.165) is 11.3 Å². The van der Waals surface area contributed by atoms with E-state index in [4.69, 9.17) is 9.47 Å². The van der Waals surface area contributed by atoms with Crippen molar-refractivity contribution < 1.29 is 18.7 Å². The van der Waals surface area contributed by atoms with Gasteiger partial charge in [0.15, 0.2) is 11.5 Å². The van der Waals surface area contributed by atoms with Gasteiger partial charge in [-0.3, -0.25) is 10.1 Å². The van der Waals surface area contributed by atoms with Gasteiger partial charge in [-0.2, -0.15) is 0 Å². The summed E-state index contributed by atoms with van der Waals surface area (Å²) in [5, 5.41) is 5.90. The number of hydrogen-bond acceptors (Lipinski definition) is 4. The largest absolute Gasteiger partial charge is 0.454 e. The molecule has 25 heavy (non-hydrogen) atoms. The summed E-state index contributed by atoms with van der Waals surface area (Å²) in [5.41, 5.74) is 1.51. The number of nitrogens with one attached hydrogen (secondary N) is 2. The third-order valence-corrected chi connectivity index (χ3v) is 4.24. The molecule has 132 valence electrons. The van der Waals surface area contributed by atoms with E-state index in [9.17, 15) is 9.18 Å². The number of aryl methyl sites for hydroxylation is 1. The molecule has 0 radical (unpaired) electrons. The molecule has 2 N–H and O–H groups in total. The maximum atomic E-state index is 13.5. The van der Waals surface area contributed by atoms with Crippen molar-refractivity contribution in [3.63, 3.8) is 0 Å². The van der Waals surface area contributed by atoms with E-state index >= 15 is 0 Å². The molecule has 0 saturated carbocycles. The lowest BCUT2D eigenvalue weighted by molar-refractivity contribution is -0.115. The van der Waals surface area contributed by atoms with Gasteiger partial charge in [-0.1, -0.05) is 12.1 Å². The van der Waals surface area contributed by atoms with Crippen LogP contribution in [0.1, 0.15) is 25.0 Å². The molecule has 0 atom stereocenters. The molecule has 0 saturated heterocycles. The first kappa shape index (κ1) is 17.2. The van der Waals surface area contributed by atoms with Gasteiger partial charge in [-0.05, 0) is 56.2 Å². The minimum absolute atomic E-state index is 0.0942. The number of carbonyl (C=O) groups excluding carboxylic acids is 1. The smallest absolute Gasteiger partial charge is 0.238 e. The Morgan fingerprint density at radius 1 is 1.16 bits per heavy atom. The Morgan fingerprint density at radius 2 is 1.92 bits per heavy atom. The van der Waals surface area contributed by atoms with E-state index in [1.165, 1.54) is 6.07 Å². The SMILES string of the molecule is Cc1ccc(NC(=O)CNC(C)(C)c2ccc3c(c2)OCO3)cc1F. The van der Waals surface area contributed by atoms with Crippen molar-refractivity contribution in [2.75, 3.05) is 18.7 Å². The van der Waals surface area contributed by atoms with Gasteiger partial charge in [-0.25, -0.2) is 4.39 Å². The molecule has 0 unspecified atom stereocenters. The molecule has 0 spiro atoms. The van der Waals surface area contributed by atoms with E-state index in [-0.39, 0.29) is 25.1 Å². The van der Waals surface area contributed by atoms with Crippen LogP contribution in [-0.4, -0.2) is 19.2 Å². The van der Waals surface area contributed by atoms with Crippen LogP contribution in [-0.2, 0) is 10.3 Å². The molecule has 0 bridgehead atoms. The number of halogens is 1. The molecule has 2 aromatic carbocycles. The average Bonchev–Trinajstić information content (AvgIpc) is 3.04. The minimum atomic E-state index is -0.448. The molecule has 0 aromatic heterocycles. The molecular formula is C19H21FN2O3. The summed E-state index contributed by atoms with van der Waals surface area (Å²) in [6.07, 6.45) is 0. The lowest BCUT2D eigenvalue weighted by atomic mass is 9.94. The fourth-order valence-electron chi connectivity index (χ4n) is 2.56. The highest BCUT2D eigenvalue weighted by atomic mass is 19.1. The first-order valence-corrected chi connectivity index (χ1v) is 8.06. The molecule has 2 aromatic rings. The van der Waals surface area contributed by atoms with Crippen LogP contribution < -0.4 is 20.1 Å². The standard InChI is InChI=1S/C19H21FN2O3/c1-12-4-6-14(9-15(12)20)22-18(23)10-21-19(2,3)13-5-7-16-17(8-13)25-11-24-16/h4-9,21H,10-11H2,1-3H3,(H,22,23). The van der Waals surface area contributed by atoms with Crippen molar-refractivity contribution in [3.8, 4) is 11.5 Å². The fourth-order valence-corrected chi connectivity index (χ4v) is 2.56. The van der Waals surface area contributed by atoms with Gasteiger partial charge in [0.05, 0.1) is 6.54 Å². The maximum Gasteiger partial charge on any atom is 0.238 e. The van der Waals surface area contributed by atoms with Crippen LogP contribution in [0.15, 0.2) is 36.4 Å².